The highest BCUT2D eigenvalue weighted by molar-refractivity contribution is 6.32. The summed E-state index contributed by atoms with van der Waals surface area (Å²) in [5.41, 5.74) is 2.20. The van der Waals surface area contributed by atoms with Gasteiger partial charge in [-0.1, -0.05) is 32.4 Å². The molecule has 0 saturated carbocycles. The van der Waals surface area contributed by atoms with E-state index in [4.69, 9.17) is 11.6 Å². The van der Waals surface area contributed by atoms with E-state index < -0.39 is 6.67 Å². The number of hydrogen-bond donors (Lipinski definition) is 1. The number of rotatable bonds is 1. The van der Waals surface area contributed by atoms with Gasteiger partial charge in [0.1, 0.15) is 6.67 Å². The number of alkyl halides is 1. The molecule has 0 radical (unpaired) electrons. The van der Waals surface area contributed by atoms with Gasteiger partial charge in [0, 0.05) is 16.0 Å². The lowest BCUT2D eigenvalue weighted by molar-refractivity contribution is 0.472. The highest BCUT2D eigenvalue weighted by Crippen LogP contribution is 2.36. The highest BCUT2D eigenvalue weighted by Gasteiger charge is 2.23. The smallest absolute Gasteiger partial charge is 0.116 e. The number of nitrogens with one attached hydrogen (secondary N) is 1. The molecule has 1 heterocycles. The largest absolute Gasteiger partial charge is 0.278 e. The Morgan fingerprint density at radius 2 is 2.12 bits per heavy atom. The van der Waals surface area contributed by atoms with Crippen LogP contribution in [0.25, 0.3) is 10.9 Å². The molecule has 0 aliphatic heterocycles. The maximum Gasteiger partial charge on any atom is 0.116 e. The van der Waals surface area contributed by atoms with Gasteiger partial charge in [-0.15, -0.1) is 0 Å². The molecule has 0 aliphatic carbocycles. The summed E-state index contributed by atoms with van der Waals surface area (Å²) in [5, 5.41) is 8.26. The van der Waals surface area contributed by atoms with Gasteiger partial charge in [0.15, 0.2) is 0 Å². The maximum atomic E-state index is 13.1. The molecule has 4 heteroatoms. The molecule has 1 aromatic carbocycles. The second-order valence-electron chi connectivity index (χ2n) is 4.93. The molecule has 0 fully saturated rings. The van der Waals surface area contributed by atoms with Crippen LogP contribution in [0, 0.1) is 0 Å². The van der Waals surface area contributed by atoms with Crippen LogP contribution >= 0.6 is 11.6 Å². The zero-order valence-corrected chi connectivity index (χ0v) is 10.3. The standard InChI is InChI=1S/C12H14ClFN2/c1-12(2,3)11-7(5-14)9(13)4-10-8(11)6-15-16-10/h4,6H,5H2,1-3H3,(H,15,16). The van der Waals surface area contributed by atoms with Gasteiger partial charge in [0.25, 0.3) is 0 Å². The van der Waals surface area contributed by atoms with Crippen LogP contribution in [0.5, 0.6) is 0 Å². The Hall–Kier alpha value is -1.09. The second-order valence-corrected chi connectivity index (χ2v) is 5.33. The van der Waals surface area contributed by atoms with Gasteiger partial charge < -0.3 is 0 Å². The SMILES string of the molecule is CC(C)(C)c1c(CF)c(Cl)cc2[nH]ncc12. The van der Waals surface area contributed by atoms with Crippen LogP contribution in [-0.4, -0.2) is 10.2 Å². The lowest BCUT2D eigenvalue weighted by Crippen LogP contribution is -2.14. The number of halogens is 2. The van der Waals surface area contributed by atoms with E-state index in [1.807, 2.05) is 20.8 Å². The molecule has 1 N–H and O–H groups in total. The van der Waals surface area contributed by atoms with E-state index >= 15 is 0 Å². The minimum Gasteiger partial charge on any atom is -0.278 e. The van der Waals surface area contributed by atoms with Crippen LogP contribution in [0.4, 0.5) is 4.39 Å². The lowest BCUT2D eigenvalue weighted by Gasteiger charge is -2.23. The van der Waals surface area contributed by atoms with Crippen LogP contribution in [0.3, 0.4) is 0 Å². The van der Waals surface area contributed by atoms with Crippen molar-refractivity contribution >= 4 is 22.5 Å². The van der Waals surface area contributed by atoms with Gasteiger partial charge in [-0.25, -0.2) is 4.39 Å². The third-order valence-corrected chi connectivity index (χ3v) is 3.02. The minimum atomic E-state index is -0.549. The van der Waals surface area contributed by atoms with Gasteiger partial charge >= 0.3 is 0 Å². The predicted octanol–water partition coefficient (Wildman–Crippen LogP) is 3.98. The van der Waals surface area contributed by atoms with E-state index in [9.17, 15) is 4.39 Å². The molecule has 0 unspecified atom stereocenters. The summed E-state index contributed by atoms with van der Waals surface area (Å²) >= 11 is 6.08. The van der Waals surface area contributed by atoms with Gasteiger partial charge in [0.2, 0.25) is 0 Å². The first-order valence-corrected chi connectivity index (χ1v) is 5.54. The Morgan fingerprint density at radius 3 is 2.69 bits per heavy atom. The molecule has 0 amide bonds. The molecule has 0 atom stereocenters. The lowest BCUT2D eigenvalue weighted by atomic mass is 9.82. The molecular formula is C12H14ClFN2. The summed E-state index contributed by atoms with van der Waals surface area (Å²) in [6, 6.07) is 1.73. The summed E-state index contributed by atoms with van der Waals surface area (Å²) in [7, 11) is 0. The van der Waals surface area contributed by atoms with Gasteiger partial charge in [-0.05, 0) is 17.0 Å². The summed E-state index contributed by atoms with van der Waals surface area (Å²) in [6.45, 7) is 5.59. The first-order valence-electron chi connectivity index (χ1n) is 5.16. The Bertz CT molecular complexity index is 526. The van der Waals surface area contributed by atoms with E-state index in [0.29, 0.717) is 10.6 Å². The summed E-state index contributed by atoms with van der Waals surface area (Å²) < 4.78 is 13.1. The molecule has 86 valence electrons. The van der Waals surface area contributed by atoms with Crippen molar-refractivity contribution in [2.45, 2.75) is 32.9 Å². The minimum absolute atomic E-state index is 0.158. The molecule has 2 aromatic rings. The average Bonchev–Trinajstić information content (AvgIpc) is 2.60. The molecule has 0 aliphatic rings. The molecular weight excluding hydrogens is 227 g/mol. The molecule has 1 aromatic heterocycles. The maximum absolute atomic E-state index is 13.1. The van der Waals surface area contributed by atoms with Gasteiger partial charge in [-0.3, -0.25) is 5.10 Å². The summed E-state index contributed by atoms with van der Waals surface area (Å²) in [4.78, 5) is 0. The molecule has 0 saturated heterocycles. The first kappa shape index (κ1) is 11.4. The number of aromatic amines is 1. The van der Waals surface area contributed by atoms with Crippen molar-refractivity contribution in [1.29, 1.82) is 0 Å². The van der Waals surface area contributed by atoms with Crippen molar-refractivity contribution in [2.24, 2.45) is 0 Å². The highest BCUT2D eigenvalue weighted by atomic mass is 35.5. The monoisotopic (exact) mass is 240 g/mol. The van der Waals surface area contributed by atoms with E-state index in [0.717, 1.165) is 16.5 Å². The van der Waals surface area contributed by atoms with Crippen LogP contribution in [0.1, 0.15) is 31.9 Å². The van der Waals surface area contributed by atoms with Crippen molar-refractivity contribution < 1.29 is 4.39 Å². The van der Waals surface area contributed by atoms with Crippen molar-refractivity contribution in [2.75, 3.05) is 0 Å². The number of hydrogen-bond acceptors (Lipinski definition) is 1. The Balaban J connectivity index is 2.88. The molecule has 2 rings (SSSR count). The Kier molecular flexibility index (Phi) is 2.66. The third kappa shape index (κ3) is 1.69. The molecule has 0 spiro atoms. The van der Waals surface area contributed by atoms with Crippen molar-refractivity contribution in [3.63, 3.8) is 0 Å². The number of fused-ring (bicyclic) bond motifs is 1. The fourth-order valence-corrected chi connectivity index (χ4v) is 2.34. The molecule has 16 heavy (non-hydrogen) atoms. The van der Waals surface area contributed by atoms with Crippen LogP contribution in [-0.2, 0) is 12.1 Å². The van der Waals surface area contributed by atoms with E-state index in [2.05, 4.69) is 10.2 Å². The number of H-pyrrole nitrogens is 1. The third-order valence-electron chi connectivity index (χ3n) is 2.68. The predicted molar refractivity (Wildman–Crippen MR) is 64.6 cm³/mol. The Morgan fingerprint density at radius 1 is 1.44 bits per heavy atom. The second kappa shape index (κ2) is 3.74. The zero-order valence-electron chi connectivity index (χ0n) is 9.56. The normalized spacial score (nSPS) is 12.3. The van der Waals surface area contributed by atoms with Crippen LogP contribution < -0.4 is 0 Å². The molecule has 0 bridgehead atoms. The zero-order chi connectivity index (χ0) is 11.9. The number of benzene rings is 1. The van der Waals surface area contributed by atoms with Crippen molar-refractivity contribution in [3.05, 3.63) is 28.4 Å². The molecule has 2 nitrogen and oxygen atoms in total. The summed E-state index contributed by atoms with van der Waals surface area (Å²) in [5.74, 6) is 0. The van der Waals surface area contributed by atoms with E-state index in [-0.39, 0.29) is 5.41 Å². The van der Waals surface area contributed by atoms with Gasteiger partial charge in [0.05, 0.1) is 11.7 Å². The quantitative estimate of drug-likeness (QED) is 0.803. The average molecular weight is 241 g/mol. The van der Waals surface area contributed by atoms with Gasteiger partial charge in [-0.2, -0.15) is 5.10 Å². The number of aromatic nitrogens is 2. The fourth-order valence-electron chi connectivity index (χ4n) is 2.09. The van der Waals surface area contributed by atoms with Crippen LogP contribution in [0.15, 0.2) is 12.3 Å². The van der Waals surface area contributed by atoms with Crippen molar-refractivity contribution in [3.8, 4) is 0 Å². The van der Waals surface area contributed by atoms with E-state index in [1.54, 1.807) is 12.3 Å². The summed E-state index contributed by atoms with van der Waals surface area (Å²) in [6.07, 6.45) is 1.73. The van der Waals surface area contributed by atoms with Crippen molar-refractivity contribution in [1.82, 2.24) is 10.2 Å². The van der Waals surface area contributed by atoms with Crippen LogP contribution in [0.2, 0.25) is 5.02 Å². The topological polar surface area (TPSA) is 28.7 Å². The first-order chi connectivity index (χ1) is 7.45. The Labute approximate surface area is 98.8 Å². The number of nitrogens with zero attached hydrogens (tertiary/aromatic N) is 1. The van der Waals surface area contributed by atoms with E-state index in [1.165, 1.54) is 0 Å². The fraction of sp³-hybridized carbons (Fsp3) is 0.417.